The Labute approximate surface area is 113 Å². The maximum Gasteiger partial charge on any atom is 0.255 e. The summed E-state index contributed by atoms with van der Waals surface area (Å²) in [6.45, 7) is 3.61. The van der Waals surface area contributed by atoms with E-state index in [0.29, 0.717) is 5.56 Å². The summed E-state index contributed by atoms with van der Waals surface area (Å²) < 4.78 is 0. The first-order valence-electron chi connectivity index (χ1n) is 6.84. The van der Waals surface area contributed by atoms with E-state index < -0.39 is 0 Å². The predicted molar refractivity (Wildman–Crippen MR) is 74.3 cm³/mol. The van der Waals surface area contributed by atoms with E-state index in [-0.39, 0.29) is 18.6 Å². The SMILES string of the molecule is CC(CO)NC(=O)c1cccnc1N1CCCCC1. The van der Waals surface area contributed by atoms with E-state index in [9.17, 15) is 4.79 Å². The van der Waals surface area contributed by atoms with Gasteiger partial charge in [-0.2, -0.15) is 0 Å². The Hall–Kier alpha value is -1.62. The first-order chi connectivity index (χ1) is 9.22. The lowest BCUT2D eigenvalue weighted by atomic mass is 10.1. The van der Waals surface area contributed by atoms with E-state index in [0.717, 1.165) is 31.7 Å². The van der Waals surface area contributed by atoms with Crippen molar-refractivity contribution in [2.24, 2.45) is 0 Å². The third-order valence-electron chi connectivity index (χ3n) is 3.34. The molecule has 1 amide bonds. The molecule has 1 atom stereocenters. The molecule has 104 valence electrons. The summed E-state index contributed by atoms with van der Waals surface area (Å²) in [6, 6.07) is 3.31. The third kappa shape index (κ3) is 3.44. The van der Waals surface area contributed by atoms with Crippen LogP contribution in [0, 0.1) is 0 Å². The molecule has 0 aromatic carbocycles. The Morgan fingerprint density at radius 2 is 2.21 bits per heavy atom. The molecular weight excluding hydrogens is 242 g/mol. The highest BCUT2D eigenvalue weighted by Gasteiger charge is 2.20. The Balaban J connectivity index is 2.17. The van der Waals surface area contributed by atoms with E-state index in [1.165, 1.54) is 6.42 Å². The summed E-state index contributed by atoms with van der Waals surface area (Å²) in [6.07, 6.45) is 5.25. The van der Waals surface area contributed by atoms with E-state index in [1.54, 1.807) is 25.3 Å². The fourth-order valence-corrected chi connectivity index (χ4v) is 2.28. The van der Waals surface area contributed by atoms with Gasteiger partial charge in [-0.1, -0.05) is 0 Å². The van der Waals surface area contributed by atoms with Crippen molar-refractivity contribution in [2.45, 2.75) is 32.2 Å². The highest BCUT2D eigenvalue weighted by Crippen LogP contribution is 2.21. The van der Waals surface area contributed by atoms with Crippen LogP contribution in [-0.2, 0) is 0 Å². The van der Waals surface area contributed by atoms with Crippen LogP contribution in [0.25, 0.3) is 0 Å². The summed E-state index contributed by atoms with van der Waals surface area (Å²) in [5.41, 5.74) is 0.588. The summed E-state index contributed by atoms with van der Waals surface area (Å²) in [5, 5.41) is 11.8. The summed E-state index contributed by atoms with van der Waals surface area (Å²) in [5.74, 6) is 0.583. The van der Waals surface area contributed by atoms with Crippen LogP contribution >= 0.6 is 0 Å². The number of hydrogen-bond acceptors (Lipinski definition) is 4. The molecular formula is C14H21N3O2. The van der Waals surface area contributed by atoms with E-state index >= 15 is 0 Å². The first-order valence-corrected chi connectivity index (χ1v) is 6.84. The Bertz CT molecular complexity index is 430. The van der Waals surface area contributed by atoms with Crippen LogP contribution in [0.4, 0.5) is 5.82 Å². The summed E-state index contributed by atoms with van der Waals surface area (Å²) in [7, 11) is 0. The van der Waals surface area contributed by atoms with E-state index in [2.05, 4.69) is 15.2 Å². The number of carbonyl (C=O) groups excluding carboxylic acids is 1. The largest absolute Gasteiger partial charge is 0.394 e. The van der Waals surface area contributed by atoms with Crippen LogP contribution in [0.15, 0.2) is 18.3 Å². The van der Waals surface area contributed by atoms with Crippen molar-refractivity contribution in [3.8, 4) is 0 Å². The molecule has 1 fully saturated rings. The minimum absolute atomic E-state index is 0.0644. The number of aliphatic hydroxyl groups is 1. The number of aromatic nitrogens is 1. The fraction of sp³-hybridized carbons (Fsp3) is 0.571. The monoisotopic (exact) mass is 263 g/mol. The number of rotatable bonds is 4. The van der Waals surface area contributed by atoms with Crippen molar-refractivity contribution >= 4 is 11.7 Å². The lowest BCUT2D eigenvalue weighted by molar-refractivity contribution is 0.0922. The molecule has 0 spiro atoms. The van der Waals surface area contributed by atoms with Crippen LogP contribution in [0.1, 0.15) is 36.5 Å². The first kappa shape index (κ1) is 13.8. The zero-order valence-corrected chi connectivity index (χ0v) is 11.3. The van der Waals surface area contributed by atoms with Crippen LogP contribution in [0.2, 0.25) is 0 Å². The van der Waals surface area contributed by atoms with Crippen LogP contribution < -0.4 is 10.2 Å². The molecule has 1 aromatic rings. The number of nitrogens with one attached hydrogen (secondary N) is 1. The van der Waals surface area contributed by atoms with Crippen LogP contribution in [0.3, 0.4) is 0 Å². The molecule has 0 saturated carbocycles. The molecule has 1 aliphatic heterocycles. The molecule has 19 heavy (non-hydrogen) atoms. The number of carbonyl (C=O) groups is 1. The zero-order valence-electron chi connectivity index (χ0n) is 11.3. The topological polar surface area (TPSA) is 65.5 Å². The number of pyridine rings is 1. The second-order valence-electron chi connectivity index (χ2n) is 4.98. The van der Waals surface area contributed by atoms with Crippen molar-refractivity contribution in [3.05, 3.63) is 23.9 Å². The second kappa shape index (κ2) is 6.52. The van der Waals surface area contributed by atoms with Crippen LogP contribution in [0.5, 0.6) is 0 Å². The van der Waals surface area contributed by atoms with Gasteiger partial charge in [0, 0.05) is 25.3 Å². The minimum Gasteiger partial charge on any atom is -0.394 e. The van der Waals surface area contributed by atoms with Gasteiger partial charge in [-0.15, -0.1) is 0 Å². The normalized spacial score (nSPS) is 17.1. The average Bonchev–Trinajstić information content (AvgIpc) is 2.48. The van der Waals surface area contributed by atoms with Gasteiger partial charge < -0.3 is 15.3 Å². The predicted octanol–water partition coefficient (Wildman–Crippen LogP) is 1.18. The number of hydrogen-bond donors (Lipinski definition) is 2. The van der Waals surface area contributed by atoms with Gasteiger partial charge in [0.2, 0.25) is 0 Å². The maximum atomic E-state index is 12.2. The molecule has 1 saturated heterocycles. The van der Waals surface area contributed by atoms with Crippen molar-refractivity contribution in [2.75, 3.05) is 24.6 Å². The molecule has 5 heteroatoms. The highest BCUT2D eigenvalue weighted by atomic mass is 16.3. The maximum absolute atomic E-state index is 12.2. The highest BCUT2D eigenvalue weighted by molar-refractivity contribution is 5.99. The zero-order chi connectivity index (χ0) is 13.7. The molecule has 2 heterocycles. The number of amides is 1. The Morgan fingerprint density at radius 1 is 1.47 bits per heavy atom. The van der Waals surface area contributed by atoms with Gasteiger partial charge in [0.1, 0.15) is 5.82 Å². The van der Waals surface area contributed by atoms with E-state index in [1.807, 2.05) is 0 Å². The molecule has 2 rings (SSSR count). The number of aliphatic hydroxyl groups excluding tert-OH is 1. The molecule has 0 aliphatic carbocycles. The number of piperidine rings is 1. The van der Waals surface area contributed by atoms with E-state index in [4.69, 9.17) is 5.11 Å². The van der Waals surface area contributed by atoms with Gasteiger partial charge in [0.15, 0.2) is 0 Å². The molecule has 1 aliphatic rings. The van der Waals surface area contributed by atoms with Gasteiger partial charge in [0.05, 0.1) is 12.2 Å². The lowest BCUT2D eigenvalue weighted by Crippen LogP contribution is -2.37. The fourth-order valence-electron chi connectivity index (χ4n) is 2.28. The Morgan fingerprint density at radius 3 is 2.89 bits per heavy atom. The summed E-state index contributed by atoms with van der Waals surface area (Å²) >= 11 is 0. The van der Waals surface area contributed by atoms with Gasteiger partial charge in [0.25, 0.3) is 5.91 Å². The van der Waals surface area contributed by atoms with Crippen molar-refractivity contribution in [3.63, 3.8) is 0 Å². The smallest absolute Gasteiger partial charge is 0.255 e. The molecule has 1 aromatic heterocycles. The molecule has 1 unspecified atom stereocenters. The quantitative estimate of drug-likeness (QED) is 0.856. The van der Waals surface area contributed by atoms with Gasteiger partial charge in [-0.25, -0.2) is 4.98 Å². The summed E-state index contributed by atoms with van der Waals surface area (Å²) in [4.78, 5) is 18.7. The molecule has 0 bridgehead atoms. The van der Waals surface area contributed by atoms with Gasteiger partial charge in [-0.3, -0.25) is 4.79 Å². The van der Waals surface area contributed by atoms with Crippen LogP contribution in [-0.4, -0.2) is 41.7 Å². The van der Waals surface area contributed by atoms with Crippen molar-refractivity contribution < 1.29 is 9.90 Å². The second-order valence-corrected chi connectivity index (χ2v) is 4.98. The number of anilines is 1. The van der Waals surface area contributed by atoms with Gasteiger partial charge in [-0.05, 0) is 38.3 Å². The van der Waals surface area contributed by atoms with Crippen molar-refractivity contribution in [1.82, 2.24) is 10.3 Å². The minimum atomic E-state index is -0.248. The molecule has 5 nitrogen and oxygen atoms in total. The Kier molecular flexibility index (Phi) is 4.74. The standard InChI is InChI=1S/C14H21N3O2/c1-11(10-18)16-14(19)12-6-5-7-15-13(12)17-8-3-2-4-9-17/h5-7,11,18H,2-4,8-10H2,1H3,(H,16,19). The molecule has 0 radical (unpaired) electrons. The van der Waals surface area contributed by atoms with Crippen molar-refractivity contribution in [1.29, 1.82) is 0 Å². The molecule has 2 N–H and O–H groups in total. The average molecular weight is 263 g/mol. The lowest BCUT2D eigenvalue weighted by Gasteiger charge is -2.29. The van der Waals surface area contributed by atoms with Gasteiger partial charge >= 0.3 is 0 Å². The third-order valence-corrected chi connectivity index (χ3v) is 3.34. The number of nitrogens with zero attached hydrogens (tertiary/aromatic N) is 2.